The fourth-order valence-electron chi connectivity index (χ4n) is 4.70. The Balaban J connectivity index is 1.35. The van der Waals surface area contributed by atoms with Crippen LogP contribution in [0.25, 0.3) is 10.9 Å². The van der Waals surface area contributed by atoms with Crippen LogP contribution < -0.4 is 10.9 Å². The summed E-state index contributed by atoms with van der Waals surface area (Å²) in [6.07, 6.45) is 7.85. The highest BCUT2D eigenvalue weighted by Crippen LogP contribution is 2.40. The Bertz CT molecular complexity index is 1240. The summed E-state index contributed by atoms with van der Waals surface area (Å²) in [6.45, 7) is -0.139. The molecule has 0 bridgehead atoms. The van der Waals surface area contributed by atoms with E-state index >= 15 is 0 Å². The van der Waals surface area contributed by atoms with Crippen LogP contribution >= 0.6 is 11.3 Å². The van der Waals surface area contributed by atoms with Gasteiger partial charge < -0.3 is 15.0 Å². The number of carbonyl (C=O) groups excluding carboxylic acids is 2. The number of amides is 1. The highest BCUT2D eigenvalue weighted by molar-refractivity contribution is 7.17. The molecule has 8 heteroatoms. The maximum Gasteiger partial charge on any atom is 0.341 e. The Labute approximate surface area is 189 Å². The van der Waals surface area contributed by atoms with Gasteiger partial charge in [-0.3, -0.25) is 9.59 Å². The molecule has 0 saturated heterocycles. The van der Waals surface area contributed by atoms with Crippen molar-refractivity contribution >= 4 is 39.1 Å². The predicted octanol–water partition coefficient (Wildman–Crippen LogP) is 4.35. The van der Waals surface area contributed by atoms with E-state index in [2.05, 4.69) is 15.3 Å². The lowest BCUT2D eigenvalue weighted by Gasteiger charge is -2.20. The molecule has 1 aromatic carbocycles. The zero-order valence-corrected chi connectivity index (χ0v) is 18.6. The summed E-state index contributed by atoms with van der Waals surface area (Å²) in [6, 6.07) is 7.03. The number of rotatable bonds is 5. The number of esters is 1. The highest BCUT2D eigenvalue weighted by Gasteiger charge is 2.30. The molecule has 0 radical (unpaired) electrons. The van der Waals surface area contributed by atoms with Gasteiger partial charge in [-0.1, -0.05) is 31.4 Å². The van der Waals surface area contributed by atoms with Crippen LogP contribution in [0.1, 0.15) is 65.1 Å². The zero-order valence-electron chi connectivity index (χ0n) is 17.7. The molecule has 0 aliphatic heterocycles. The number of nitrogens with zero attached hydrogens (tertiary/aromatic N) is 1. The van der Waals surface area contributed by atoms with Gasteiger partial charge in [-0.15, -0.1) is 11.3 Å². The number of benzene rings is 1. The van der Waals surface area contributed by atoms with Gasteiger partial charge in [0, 0.05) is 10.8 Å². The van der Waals surface area contributed by atoms with Gasteiger partial charge >= 0.3 is 5.97 Å². The second-order valence-electron chi connectivity index (χ2n) is 8.49. The van der Waals surface area contributed by atoms with Crippen LogP contribution in [-0.4, -0.2) is 21.8 Å². The average Bonchev–Trinajstić information content (AvgIpc) is 3.39. The molecular weight excluding hydrogens is 426 g/mol. The summed E-state index contributed by atoms with van der Waals surface area (Å²) in [4.78, 5) is 46.4. The number of anilines is 1. The Kier molecular flexibility index (Phi) is 5.78. The first-order valence-electron chi connectivity index (χ1n) is 11.2. The van der Waals surface area contributed by atoms with Crippen LogP contribution in [0.5, 0.6) is 0 Å². The number of ether oxygens (including phenoxy) is 1. The number of fused-ring (bicyclic) bond motifs is 2. The first-order valence-corrected chi connectivity index (χ1v) is 12.0. The maximum absolute atomic E-state index is 13.1. The zero-order chi connectivity index (χ0) is 22.1. The minimum atomic E-state index is -0.487. The van der Waals surface area contributed by atoms with Gasteiger partial charge in [0.1, 0.15) is 17.4 Å². The van der Waals surface area contributed by atoms with E-state index in [0.29, 0.717) is 27.3 Å². The monoisotopic (exact) mass is 451 g/mol. The molecule has 2 aromatic heterocycles. The first kappa shape index (κ1) is 20.9. The summed E-state index contributed by atoms with van der Waals surface area (Å²) in [5.41, 5.74) is 1.74. The molecule has 0 atom stereocenters. The summed E-state index contributed by atoms with van der Waals surface area (Å²) < 4.78 is 5.55. The van der Waals surface area contributed by atoms with Crippen LogP contribution in [0, 0.1) is 5.92 Å². The van der Waals surface area contributed by atoms with E-state index in [0.717, 1.165) is 55.4 Å². The van der Waals surface area contributed by atoms with Crippen LogP contribution in [0.2, 0.25) is 0 Å². The van der Waals surface area contributed by atoms with Crippen LogP contribution in [-0.2, 0) is 29.0 Å². The number of aryl methyl sites for hydroxylation is 1. The van der Waals surface area contributed by atoms with Crippen molar-refractivity contribution in [1.82, 2.24) is 9.97 Å². The lowest BCUT2D eigenvalue weighted by molar-refractivity contribution is -0.120. The Morgan fingerprint density at radius 1 is 1.12 bits per heavy atom. The normalized spacial score (nSPS) is 16.1. The van der Waals surface area contributed by atoms with Gasteiger partial charge in [-0.2, -0.15) is 0 Å². The summed E-state index contributed by atoms with van der Waals surface area (Å²) in [5, 5.41) is 4.11. The number of aromatic nitrogens is 2. The number of para-hydroxylation sites is 1. The minimum Gasteiger partial charge on any atom is -0.454 e. The predicted molar refractivity (Wildman–Crippen MR) is 123 cm³/mol. The fourth-order valence-corrected chi connectivity index (χ4v) is 5.98. The minimum absolute atomic E-state index is 0.000741. The van der Waals surface area contributed by atoms with Crippen molar-refractivity contribution in [2.75, 3.05) is 5.32 Å². The van der Waals surface area contributed by atoms with Crippen LogP contribution in [0.3, 0.4) is 0 Å². The summed E-state index contributed by atoms with van der Waals surface area (Å²) in [5.74, 6) is -0.184. The molecule has 2 heterocycles. The van der Waals surface area contributed by atoms with E-state index in [4.69, 9.17) is 4.74 Å². The molecule has 1 fully saturated rings. The topological polar surface area (TPSA) is 101 Å². The molecule has 1 amide bonds. The quantitative estimate of drug-likeness (QED) is 0.562. The number of aromatic amines is 1. The van der Waals surface area contributed by atoms with E-state index in [9.17, 15) is 14.4 Å². The third kappa shape index (κ3) is 4.07. The molecule has 2 aliphatic rings. The van der Waals surface area contributed by atoms with Gasteiger partial charge in [-0.05, 0) is 49.8 Å². The Hall–Kier alpha value is -3.00. The van der Waals surface area contributed by atoms with Gasteiger partial charge in [0.25, 0.3) is 5.56 Å². The molecule has 32 heavy (non-hydrogen) atoms. The van der Waals surface area contributed by atoms with Crippen LogP contribution in [0.4, 0.5) is 5.00 Å². The molecule has 0 unspecified atom stereocenters. The second kappa shape index (κ2) is 8.86. The number of hydrogen-bond acceptors (Lipinski definition) is 6. The van der Waals surface area contributed by atoms with Crippen molar-refractivity contribution in [2.45, 2.75) is 58.0 Å². The van der Waals surface area contributed by atoms with Gasteiger partial charge in [0.2, 0.25) is 5.91 Å². The maximum atomic E-state index is 13.1. The smallest absolute Gasteiger partial charge is 0.341 e. The van der Waals surface area contributed by atoms with Gasteiger partial charge in [0.15, 0.2) is 0 Å². The number of hydrogen-bond donors (Lipinski definition) is 2. The molecule has 2 aliphatic carbocycles. The van der Waals surface area contributed by atoms with Crippen LogP contribution in [0.15, 0.2) is 29.1 Å². The van der Waals surface area contributed by atoms with Crippen molar-refractivity contribution in [3.63, 3.8) is 0 Å². The van der Waals surface area contributed by atoms with E-state index in [1.54, 1.807) is 24.3 Å². The number of nitrogens with one attached hydrogen (secondary N) is 2. The van der Waals surface area contributed by atoms with Gasteiger partial charge in [-0.25, -0.2) is 9.78 Å². The molecule has 1 saturated carbocycles. The van der Waals surface area contributed by atoms with Crippen molar-refractivity contribution in [3.8, 4) is 0 Å². The third-order valence-electron chi connectivity index (χ3n) is 6.34. The molecule has 5 rings (SSSR count). The van der Waals surface area contributed by atoms with E-state index in [1.807, 2.05) is 0 Å². The number of H-pyrrole nitrogens is 1. The van der Waals surface area contributed by atoms with Gasteiger partial charge in [0.05, 0.1) is 16.5 Å². The molecular formula is C24H25N3O4S. The van der Waals surface area contributed by atoms with E-state index in [1.165, 1.54) is 17.8 Å². The van der Waals surface area contributed by atoms with Crippen molar-refractivity contribution < 1.29 is 14.3 Å². The molecule has 3 aromatic rings. The largest absolute Gasteiger partial charge is 0.454 e. The summed E-state index contributed by atoms with van der Waals surface area (Å²) >= 11 is 1.49. The lowest BCUT2D eigenvalue weighted by atomic mass is 9.89. The van der Waals surface area contributed by atoms with E-state index in [-0.39, 0.29) is 24.0 Å². The SMILES string of the molecule is O=C(OCc1nc2ccccc2c(=O)[nH]1)c1c(NC(=O)C2CCCCC2)sc2c1CCC2. The van der Waals surface area contributed by atoms with E-state index < -0.39 is 5.97 Å². The number of thiophene rings is 1. The third-order valence-corrected chi connectivity index (χ3v) is 7.55. The highest BCUT2D eigenvalue weighted by atomic mass is 32.1. The van der Waals surface area contributed by atoms with Crippen molar-refractivity contribution in [2.24, 2.45) is 5.92 Å². The molecule has 2 N–H and O–H groups in total. The fraction of sp³-hybridized carbons (Fsp3) is 0.417. The number of carbonyl (C=O) groups is 2. The molecule has 166 valence electrons. The first-order chi connectivity index (χ1) is 15.6. The standard InChI is InChI=1S/C24H25N3O4S/c28-21(14-7-2-1-3-8-14)27-23-20(16-10-6-12-18(16)32-23)24(30)31-13-19-25-17-11-5-4-9-15(17)22(29)26-19/h4-5,9,11,14H,1-3,6-8,10,12-13H2,(H,27,28)(H,25,26,29). The lowest BCUT2D eigenvalue weighted by Crippen LogP contribution is -2.25. The van der Waals surface area contributed by atoms with Crippen molar-refractivity contribution in [1.29, 1.82) is 0 Å². The van der Waals surface area contributed by atoms with Crippen molar-refractivity contribution in [3.05, 3.63) is 56.4 Å². The average molecular weight is 452 g/mol. The molecule has 7 nitrogen and oxygen atoms in total. The Morgan fingerprint density at radius 2 is 1.94 bits per heavy atom. The summed E-state index contributed by atoms with van der Waals surface area (Å²) in [7, 11) is 0. The second-order valence-corrected chi connectivity index (χ2v) is 9.60. The Morgan fingerprint density at radius 3 is 2.78 bits per heavy atom. The molecule has 0 spiro atoms.